The first-order valence-corrected chi connectivity index (χ1v) is 9.31. The van der Waals surface area contributed by atoms with E-state index in [4.69, 9.17) is 0 Å². The van der Waals surface area contributed by atoms with Gasteiger partial charge in [0.05, 0.1) is 6.54 Å². The standard InChI is InChI=1S/C20H28N2O/c1-14(19(23)22-18-5-3-2-4-6-18)21-13-20-10-15-7-16(11-20)9-17(8-15)12-20/h2-6,14-17,21H,7-13H2,1H3,(H,22,23)/p+1/t14-,15?,16?,17?,20?/m0/s1. The fraction of sp³-hybridized carbons (Fsp3) is 0.650. The molecule has 4 aliphatic rings. The Labute approximate surface area is 139 Å². The molecule has 0 aromatic heterocycles. The summed E-state index contributed by atoms with van der Waals surface area (Å²) in [6.45, 7) is 3.18. The first-order chi connectivity index (χ1) is 11.1. The van der Waals surface area contributed by atoms with Crippen LogP contribution in [0.25, 0.3) is 0 Å². The summed E-state index contributed by atoms with van der Waals surface area (Å²) < 4.78 is 0. The van der Waals surface area contributed by atoms with Crippen LogP contribution in [0, 0.1) is 23.2 Å². The largest absolute Gasteiger partial charge is 0.336 e. The van der Waals surface area contributed by atoms with Crippen LogP contribution in [0.3, 0.4) is 0 Å². The Hall–Kier alpha value is -1.35. The molecule has 0 saturated heterocycles. The van der Waals surface area contributed by atoms with E-state index in [0.29, 0.717) is 5.41 Å². The first kappa shape index (κ1) is 15.2. The van der Waals surface area contributed by atoms with Gasteiger partial charge >= 0.3 is 0 Å². The van der Waals surface area contributed by atoms with Crippen molar-refractivity contribution in [2.24, 2.45) is 23.2 Å². The summed E-state index contributed by atoms with van der Waals surface area (Å²) in [6, 6.07) is 9.77. The number of carbonyl (C=O) groups excluding carboxylic acids is 1. The molecule has 4 saturated carbocycles. The Morgan fingerprint density at radius 3 is 2.26 bits per heavy atom. The van der Waals surface area contributed by atoms with Gasteiger partial charge in [-0.3, -0.25) is 4.79 Å². The van der Waals surface area contributed by atoms with Crippen LogP contribution in [0.15, 0.2) is 30.3 Å². The molecule has 23 heavy (non-hydrogen) atoms. The van der Waals surface area contributed by atoms with Crippen molar-refractivity contribution < 1.29 is 10.1 Å². The molecule has 124 valence electrons. The van der Waals surface area contributed by atoms with Gasteiger partial charge in [-0.25, -0.2) is 0 Å². The molecule has 1 aromatic carbocycles. The van der Waals surface area contributed by atoms with Crippen molar-refractivity contribution in [1.29, 1.82) is 0 Å². The lowest BCUT2D eigenvalue weighted by Crippen LogP contribution is -2.94. The number of anilines is 1. The Morgan fingerprint density at radius 1 is 1.13 bits per heavy atom. The van der Waals surface area contributed by atoms with E-state index >= 15 is 0 Å². The van der Waals surface area contributed by atoms with Crippen molar-refractivity contribution >= 4 is 11.6 Å². The molecule has 4 aliphatic carbocycles. The van der Waals surface area contributed by atoms with Crippen LogP contribution in [-0.2, 0) is 4.79 Å². The average molecular weight is 313 g/mol. The molecule has 0 unspecified atom stereocenters. The molecular formula is C20H29N2O+. The zero-order valence-electron chi connectivity index (χ0n) is 14.1. The van der Waals surface area contributed by atoms with Crippen molar-refractivity contribution in [3.05, 3.63) is 30.3 Å². The molecule has 4 fully saturated rings. The van der Waals surface area contributed by atoms with Gasteiger partial charge in [-0.15, -0.1) is 0 Å². The number of nitrogens with two attached hydrogens (primary N) is 1. The highest BCUT2D eigenvalue weighted by atomic mass is 16.2. The van der Waals surface area contributed by atoms with Crippen LogP contribution >= 0.6 is 0 Å². The van der Waals surface area contributed by atoms with Crippen molar-refractivity contribution in [2.75, 3.05) is 11.9 Å². The first-order valence-electron chi connectivity index (χ1n) is 9.31. The van der Waals surface area contributed by atoms with Gasteiger partial charge in [0.1, 0.15) is 0 Å². The molecule has 1 amide bonds. The molecule has 3 N–H and O–H groups in total. The monoisotopic (exact) mass is 313 g/mol. The highest BCUT2D eigenvalue weighted by Gasteiger charge is 2.51. The second kappa shape index (κ2) is 5.94. The van der Waals surface area contributed by atoms with E-state index in [2.05, 4.69) is 10.6 Å². The van der Waals surface area contributed by atoms with Gasteiger partial charge < -0.3 is 10.6 Å². The number of nitrogens with one attached hydrogen (secondary N) is 1. The third-order valence-corrected chi connectivity index (χ3v) is 6.52. The van der Waals surface area contributed by atoms with E-state index in [1.54, 1.807) is 0 Å². The van der Waals surface area contributed by atoms with E-state index in [-0.39, 0.29) is 11.9 Å². The van der Waals surface area contributed by atoms with Gasteiger partial charge in [0.25, 0.3) is 5.91 Å². The third-order valence-electron chi connectivity index (χ3n) is 6.52. The molecule has 0 heterocycles. The maximum Gasteiger partial charge on any atom is 0.282 e. The lowest BCUT2D eigenvalue weighted by Gasteiger charge is -2.56. The minimum absolute atomic E-state index is 0.0109. The van der Waals surface area contributed by atoms with Crippen LogP contribution in [0.5, 0.6) is 0 Å². The van der Waals surface area contributed by atoms with E-state index < -0.39 is 0 Å². The SMILES string of the molecule is C[C@H]([NH2+]CC12CC3CC(CC(C3)C1)C2)C(=O)Nc1ccccc1. The Balaban J connectivity index is 1.33. The van der Waals surface area contributed by atoms with Gasteiger partial charge in [0, 0.05) is 11.1 Å². The Morgan fingerprint density at radius 2 is 1.70 bits per heavy atom. The van der Waals surface area contributed by atoms with Gasteiger partial charge in [0.15, 0.2) is 6.04 Å². The number of hydrogen-bond donors (Lipinski definition) is 2. The number of amides is 1. The number of benzene rings is 1. The van der Waals surface area contributed by atoms with Crippen LogP contribution in [0.2, 0.25) is 0 Å². The van der Waals surface area contributed by atoms with Crippen LogP contribution in [0.4, 0.5) is 5.69 Å². The highest BCUT2D eigenvalue weighted by molar-refractivity contribution is 5.93. The molecule has 3 heteroatoms. The van der Waals surface area contributed by atoms with Gasteiger partial charge in [-0.05, 0) is 75.3 Å². The molecule has 5 rings (SSSR count). The second-order valence-corrected chi connectivity index (χ2v) is 8.50. The summed E-state index contributed by atoms with van der Waals surface area (Å²) in [6.07, 6.45) is 8.73. The summed E-state index contributed by atoms with van der Waals surface area (Å²) in [4.78, 5) is 12.4. The van der Waals surface area contributed by atoms with E-state index in [9.17, 15) is 4.79 Å². The molecule has 0 spiro atoms. The van der Waals surface area contributed by atoms with E-state index in [0.717, 1.165) is 30.0 Å². The molecule has 3 nitrogen and oxygen atoms in total. The second-order valence-electron chi connectivity index (χ2n) is 8.50. The van der Waals surface area contributed by atoms with Crippen molar-refractivity contribution in [2.45, 2.75) is 51.5 Å². The molecular weight excluding hydrogens is 284 g/mol. The minimum Gasteiger partial charge on any atom is -0.336 e. The van der Waals surface area contributed by atoms with Crippen molar-refractivity contribution in [1.82, 2.24) is 0 Å². The van der Waals surface area contributed by atoms with E-state index in [1.807, 2.05) is 37.3 Å². The Bertz CT molecular complexity index is 533. The smallest absolute Gasteiger partial charge is 0.282 e. The highest BCUT2D eigenvalue weighted by Crippen LogP contribution is 2.59. The number of carbonyl (C=O) groups is 1. The minimum atomic E-state index is -0.0109. The topological polar surface area (TPSA) is 45.7 Å². The zero-order valence-corrected chi connectivity index (χ0v) is 14.1. The number of para-hydroxylation sites is 1. The molecule has 0 radical (unpaired) electrons. The average Bonchev–Trinajstić information content (AvgIpc) is 2.52. The van der Waals surface area contributed by atoms with Gasteiger partial charge in [-0.1, -0.05) is 18.2 Å². The normalized spacial score (nSPS) is 36.0. The molecule has 4 bridgehead atoms. The van der Waals surface area contributed by atoms with Gasteiger partial charge in [-0.2, -0.15) is 0 Å². The Kier molecular flexibility index (Phi) is 3.92. The summed E-state index contributed by atoms with van der Waals surface area (Å²) in [5, 5.41) is 5.33. The van der Waals surface area contributed by atoms with Crippen molar-refractivity contribution in [3.63, 3.8) is 0 Å². The molecule has 0 aliphatic heterocycles. The fourth-order valence-electron chi connectivity index (χ4n) is 5.85. The predicted molar refractivity (Wildman–Crippen MR) is 91.9 cm³/mol. The molecule has 1 aromatic rings. The lowest BCUT2D eigenvalue weighted by molar-refractivity contribution is -0.686. The zero-order chi connectivity index (χ0) is 15.9. The van der Waals surface area contributed by atoms with Crippen LogP contribution in [-0.4, -0.2) is 18.5 Å². The lowest BCUT2D eigenvalue weighted by atomic mass is 9.49. The quantitative estimate of drug-likeness (QED) is 0.862. The number of rotatable bonds is 5. The summed E-state index contributed by atoms with van der Waals surface area (Å²) in [5.41, 5.74) is 1.43. The predicted octanol–water partition coefficient (Wildman–Crippen LogP) is 2.79. The van der Waals surface area contributed by atoms with Crippen LogP contribution < -0.4 is 10.6 Å². The number of hydrogen-bond acceptors (Lipinski definition) is 1. The third kappa shape index (κ3) is 3.16. The van der Waals surface area contributed by atoms with Crippen molar-refractivity contribution in [3.8, 4) is 0 Å². The fourth-order valence-corrected chi connectivity index (χ4v) is 5.85. The summed E-state index contributed by atoms with van der Waals surface area (Å²) in [5.74, 6) is 3.09. The number of quaternary nitrogens is 1. The molecule has 1 atom stereocenters. The summed E-state index contributed by atoms with van der Waals surface area (Å²) in [7, 11) is 0. The van der Waals surface area contributed by atoms with Crippen LogP contribution in [0.1, 0.15) is 45.4 Å². The van der Waals surface area contributed by atoms with E-state index in [1.165, 1.54) is 38.5 Å². The maximum absolute atomic E-state index is 12.4. The summed E-state index contributed by atoms with van der Waals surface area (Å²) >= 11 is 0. The van der Waals surface area contributed by atoms with Gasteiger partial charge in [0.2, 0.25) is 0 Å². The maximum atomic E-state index is 12.4.